The van der Waals surface area contributed by atoms with E-state index >= 15 is 0 Å². The lowest BCUT2D eigenvalue weighted by Gasteiger charge is -2.09. The summed E-state index contributed by atoms with van der Waals surface area (Å²) in [6.45, 7) is 0.00112. The van der Waals surface area contributed by atoms with Gasteiger partial charge in [-0.05, 0) is 25.0 Å². The maximum absolute atomic E-state index is 12.1. The van der Waals surface area contributed by atoms with Crippen LogP contribution in [-0.2, 0) is 9.84 Å². The Balaban J connectivity index is 3.09. The van der Waals surface area contributed by atoms with Crippen molar-refractivity contribution in [3.8, 4) is 0 Å². The Kier molecular flexibility index (Phi) is 6.26. The minimum absolute atomic E-state index is 0.000679. The zero-order valence-electron chi connectivity index (χ0n) is 10.5. The molecule has 2 N–H and O–H groups in total. The predicted octanol–water partition coefficient (Wildman–Crippen LogP) is 2.63. The van der Waals surface area contributed by atoms with Gasteiger partial charge in [-0.2, -0.15) is 0 Å². The molecule has 1 aromatic rings. The van der Waals surface area contributed by atoms with Crippen molar-refractivity contribution in [2.24, 2.45) is 0 Å². The van der Waals surface area contributed by atoms with Crippen LogP contribution in [0.1, 0.15) is 29.6 Å². The van der Waals surface area contributed by atoms with Crippen LogP contribution in [-0.4, -0.2) is 37.0 Å². The van der Waals surface area contributed by atoms with Gasteiger partial charge in [0, 0.05) is 11.6 Å². The number of aliphatic hydroxyl groups excluding tert-OH is 1. The molecule has 0 aliphatic heterocycles. The van der Waals surface area contributed by atoms with Crippen LogP contribution in [0.25, 0.3) is 0 Å². The van der Waals surface area contributed by atoms with E-state index in [2.05, 4.69) is 0 Å². The number of aromatic carboxylic acids is 1. The van der Waals surface area contributed by atoms with Crippen molar-refractivity contribution in [3.63, 3.8) is 0 Å². The molecule has 0 fully saturated rings. The molecule has 0 heterocycles. The highest BCUT2D eigenvalue weighted by Gasteiger charge is 2.23. The summed E-state index contributed by atoms with van der Waals surface area (Å²) in [6, 6.07) is 2.26. The number of aliphatic hydroxyl groups is 1. The van der Waals surface area contributed by atoms with E-state index in [0.717, 1.165) is 12.1 Å². The highest BCUT2D eigenvalue weighted by atomic mass is 35.5. The molecule has 1 rings (SSSR count). The molecule has 0 radical (unpaired) electrons. The third kappa shape index (κ3) is 4.34. The fourth-order valence-electron chi connectivity index (χ4n) is 1.64. The zero-order chi connectivity index (χ0) is 15.3. The molecule has 0 aliphatic rings. The third-order valence-corrected chi connectivity index (χ3v) is 5.20. The van der Waals surface area contributed by atoms with E-state index in [9.17, 15) is 13.2 Å². The molecular weight excluding hydrogens is 327 g/mol. The summed E-state index contributed by atoms with van der Waals surface area (Å²) in [5, 5.41) is 17.3. The minimum Gasteiger partial charge on any atom is -0.478 e. The third-order valence-electron chi connectivity index (χ3n) is 2.64. The molecule has 0 spiro atoms. The van der Waals surface area contributed by atoms with E-state index in [4.69, 9.17) is 33.4 Å². The molecule has 5 nitrogen and oxygen atoms in total. The lowest BCUT2D eigenvalue weighted by molar-refractivity contribution is 0.0697. The number of hydrogen-bond acceptors (Lipinski definition) is 4. The Morgan fingerprint density at radius 3 is 2.35 bits per heavy atom. The van der Waals surface area contributed by atoms with Crippen LogP contribution in [0.2, 0.25) is 10.0 Å². The summed E-state index contributed by atoms with van der Waals surface area (Å²) < 4.78 is 24.3. The van der Waals surface area contributed by atoms with Gasteiger partial charge < -0.3 is 10.2 Å². The van der Waals surface area contributed by atoms with E-state index in [1.165, 1.54) is 0 Å². The van der Waals surface area contributed by atoms with Gasteiger partial charge in [-0.1, -0.05) is 29.6 Å². The second kappa shape index (κ2) is 7.26. The first kappa shape index (κ1) is 17.2. The first-order valence-electron chi connectivity index (χ1n) is 5.85. The maximum atomic E-state index is 12.1. The Bertz CT molecular complexity index is 598. The quantitative estimate of drug-likeness (QED) is 0.744. The summed E-state index contributed by atoms with van der Waals surface area (Å²) in [6.07, 6.45) is 1.42. The van der Waals surface area contributed by atoms with Crippen LogP contribution in [0.15, 0.2) is 17.0 Å². The highest BCUT2D eigenvalue weighted by molar-refractivity contribution is 7.91. The molecule has 0 amide bonds. The zero-order valence-corrected chi connectivity index (χ0v) is 12.8. The molecule has 0 saturated carbocycles. The SMILES string of the molecule is O=C(O)c1cc(Cl)cc(S(=O)(=O)CCCCCO)c1Cl. The number of benzene rings is 1. The number of sulfone groups is 1. The smallest absolute Gasteiger partial charge is 0.337 e. The van der Waals surface area contributed by atoms with Gasteiger partial charge in [0.05, 0.1) is 21.2 Å². The fraction of sp³-hybridized carbons (Fsp3) is 0.417. The number of carbonyl (C=O) groups is 1. The van der Waals surface area contributed by atoms with Gasteiger partial charge in [0.1, 0.15) is 0 Å². The lowest BCUT2D eigenvalue weighted by Crippen LogP contribution is -2.10. The van der Waals surface area contributed by atoms with Crippen LogP contribution < -0.4 is 0 Å². The number of rotatable bonds is 7. The average molecular weight is 341 g/mol. The highest BCUT2D eigenvalue weighted by Crippen LogP contribution is 2.30. The summed E-state index contributed by atoms with van der Waals surface area (Å²) >= 11 is 11.6. The van der Waals surface area contributed by atoms with Gasteiger partial charge in [-0.25, -0.2) is 13.2 Å². The number of halogens is 2. The molecule has 0 saturated heterocycles. The topological polar surface area (TPSA) is 91.7 Å². The van der Waals surface area contributed by atoms with Crippen LogP contribution in [0.3, 0.4) is 0 Å². The van der Waals surface area contributed by atoms with Crippen molar-refractivity contribution in [2.45, 2.75) is 24.2 Å². The summed E-state index contributed by atoms with van der Waals surface area (Å²) in [5.41, 5.74) is -0.340. The Morgan fingerprint density at radius 1 is 1.15 bits per heavy atom. The Morgan fingerprint density at radius 2 is 1.80 bits per heavy atom. The first-order valence-corrected chi connectivity index (χ1v) is 8.26. The van der Waals surface area contributed by atoms with Crippen molar-refractivity contribution < 1.29 is 23.4 Å². The second-order valence-corrected chi connectivity index (χ2v) is 7.07. The number of unbranched alkanes of at least 4 members (excludes halogenated alkanes) is 2. The molecule has 20 heavy (non-hydrogen) atoms. The predicted molar refractivity (Wildman–Crippen MR) is 76.4 cm³/mol. The van der Waals surface area contributed by atoms with Gasteiger partial charge in [-0.3, -0.25) is 0 Å². The Hall–Kier alpha value is -0.820. The van der Waals surface area contributed by atoms with Gasteiger partial charge in [0.15, 0.2) is 9.84 Å². The summed E-state index contributed by atoms with van der Waals surface area (Å²) in [4.78, 5) is 10.7. The van der Waals surface area contributed by atoms with Crippen molar-refractivity contribution in [1.29, 1.82) is 0 Å². The van der Waals surface area contributed by atoms with Gasteiger partial charge in [0.25, 0.3) is 0 Å². The normalized spacial score (nSPS) is 11.6. The number of hydrogen-bond donors (Lipinski definition) is 2. The molecule has 0 unspecified atom stereocenters. The fourth-order valence-corrected chi connectivity index (χ4v) is 3.96. The first-order chi connectivity index (χ1) is 9.29. The molecule has 0 aliphatic carbocycles. The van der Waals surface area contributed by atoms with Gasteiger partial charge in [0.2, 0.25) is 0 Å². The van der Waals surface area contributed by atoms with Crippen molar-refractivity contribution >= 4 is 39.0 Å². The van der Waals surface area contributed by atoms with E-state index in [1.807, 2.05) is 0 Å². The summed E-state index contributed by atoms with van der Waals surface area (Å²) in [7, 11) is -3.71. The molecule has 0 aromatic heterocycles. The maximum Gasteiger partial charge on any atom is 0.337 e. The van der Waals surface area contributed by atoms with Gasteiger partial charge in [-0.15, -0.1) is 0 Å². The number of carboxylic acid groups (broad SMARTS) is 1. The average Bonchev–Trinajstić information content (AvgIpc) is 2.36. The van der Waals surface area contributed by atoms with Crippen LogP contribution in [0.4, 0.5) is 0 Å². The van der Waals surface area contributed by atoms with Crippen molar-refractivity contribution in [1.82, 2.24) is 0 Å². The van der Waals surface area contributed by atoms with Crippen molar-refractivity contribution in [3.05, 3.63) is 27.7 Å². The number of carboxylic acids is 1. The monoisotopic (exact) mass is 340 g/mol. The molecule has 0 atom stereocenters. The van der Waals surface area contributed by atoms with E-state index in [1.54, 1.807) is 0 Å². The van der Waals surface area contributed by atoms with E-state index in [0.29, 0.717) is 19.3 Å². The molecular formula is C12H14Cl2O5S. The minimum atomic E-state index is -3.71. The van der Waals surface area contributed by atoms with Gasteiger partial charge >= 0.3 is 5.97 Å². The largest absolute Gasteiger partial charge is 0.478 e. The van der Waals surface area contributed by atoms with Crippen molar-refractivity contribution in [2.75, 3.05) is 12.4 Å². The van der Waals surface area contributed by atoms with Crippen LogP contribution in [0.5, 0.6) is 0 Å². The van der Waals surface area contributed by atoms with Crippen LogP contribution in [0, 0.1) is 0 Å². The van der Waals surface area contributed by atoms with Crippen LogP contribution >= 0.6 is 23.2 Å². The lowest BCUT2D eigenvalue weighted by atomic mass is 10.2. The standard InChI is InChI=1S/C12H14Cl2O5S/c13-8-6-9(12(16)17)11(14)10(7-8)20(18,19)5-3-1-2-4-15/h6-7,15H,1-5H2,(H,16,17). The molecule has 112 valence electrons. The molecule has 0 bridgehead atoms. The second-order valence-electron chi connectivity index (χ2n) is 4.17. The van der Waals surface area contributed by atoms with E-state index in [-0.39, 0.29) is 32.9 Å². The molecule has 8 heteroatoms. The summed E-state index contributed by atoms with van der Waals surface area (Å²) in [5.74, 6) is -1.51. The van der Waals surface area contributed by atoms with E-state index < -0.39 is 15.8 Å². The Labute approximate surface area is 127 Å². The molecule has 1 aromatic carbocycles.